The minimum absolute atomic E-state index is 0.0210. The number of benzene rings is 1. The van der Waals surface area contributed by atoms with E-state index in [1.54, 1.807) is 26.0 Å². The molecule has 8 heteroatoms. The fraction of sp³-hybridized carbons (Fsp3) is 0.385. The molecule has 1 heterocycles. The van der Waals surface area contributed by atoms with Crippen molar-refractivity contribution < 1.29 is 13.2 Å². The molecule has 7 nitrogen and oxygen atoms in total. The largest absolute Gasteiger partial charge is 0.491 e. The van der Waals surface area contributed by atoms with Crippen molar-refractivity contribution in [3.8, 4) is 5.75 Å². The fourth-order valence-electron chi connectivity index (χ4n) is 1.74. The lowest BCUT2D eigenvalue weighted by Crippen LogP contribution is -2.14. The van der Waals surface area contributed by atoms with Gasteiger partial charge in [-0.2, -0.15) is 4.98 Å². The topological polar surface area (TPSA) is 97.0 Å². The fourth-order valence-corrected chi connectivity index (χ4v) is 2.77. The summed E-state index contributed by atoms with van der Waals surface area (Å²) >= 11 is 0. The smallest absolute Gasteiger partial charge is 0.264 e. The highest BCUT2D eigenvalue weighted by atomic mass is 32.2. The summed E-state index contributed by atoms with van der Waals surface area (Å²) < 4.78 is 32.4. The summed E-state index contributed by atoms with van der Waals surface area (Å²) in [6, 6.07) is 4.69. The van der Waals surface area contributed by atoms with Gasteiger partial charge >= 0.3 is 0 Å². The summed E-state index contributed by atoms with van der Waals surface area (Å²) in [6.45, 7) is 7.31. The number of rotatable bonds is 5. The SMILES string of the molecule is Cc1nc(NS(=O)(=O)c2ccc(OC(C)C)c(C)c2)n[nH]1. The zero-order chi connectivity index (χ0) is 15.6. The first-order valence-electron chi connectivity index (χ1n) is 6.47. The number of nitrogens with zero attached hydrogens (tertiary/aromatic N) is 2. The van der Waals surface area contributed by atoms with Crippen molar-refractivity contribution in [1.82, 2.24) is 15.2 Å². The van der Waals surface area contributed by atoms with Gasteiger partial charge in [0.05, 0.1) is 11.0 Å². The molecule has 0 aliphatic heterocycles. The lowest BCUT2D eigenvalue weighted by Gasteiger charge is -2.13. The van der Waals surface area contributed by atoms with E-state index in [1.165, 1.54) is 6.07 Å². The van der Waals surface area contributed by atoms with Gasteiger partial charge in [-0.1, -0.05) is 0 Å². The van der Waals surface area contributed by atoms with Gasteiger partial charge in [-0.05, 0) is 51.5 Å². The van der Waals surface area contributed by atoms with Crippen LogP contribution in [0.4, 0.5) is 5.95 Å². The molecule has 2 rings (SSSR count). The second-order valence-electron chi connectivity index (χ2n) is 4.94. The van der Waals surface area contributed by atoms with Crippen LogP contribution in [0.1, 0.15) is 25.2 Å². The first-order valence-corrected chi connectivity index (χ1v) is 7.95. The molecule has 0 atom stereocenters. The molecule has 0 spiro atoms. The van der Waals surface area contributed by atoms with Crippen LogP contribution < -0.4 is 9.46 Å². The van der Waals surface area contributed by atoms with Crippen LogP contribution in [-0.2, 0) is 10.0 Å². The number of nitrogens with one attached hydrogen (secondary N) is 2. The summed E-state index contributed by atoms with van der Waals surface area (Å²) in [7, 11) is -3.72. The molecular formula is C13H18N4O3S. The van der Waals surface area contributed by atoms with Crippen LogP contribution in [0.25, 0.3) is 0 Å². The highest BCUT2D eigenvalue weighted by Crippen LogP contribution is 2.23. The molecule has 2 aromatic rings. The van der Waals surface area contributed by atoms with Crippen LogP contribution in [0.3, 0.4) is 0 Å². The first-order chi connectivity index (χ1) is 9.78. The molecule has 1 aromatic carbocycles. The van der Waals surface area contributed by atoms with Gasteiger partial charge in [-0.15, -0.1) is 5.10 Å². The summed E-state index contributed by atoms with van der Waals surface area (Å²) in [5, 5.41) is 6.33. The molecule has 0 aliphatic rings. The second-order valence-corrected chi connectivity index (χ2v) is 6.63. The summed E-state index contributed by atoms with van der Waals surface area (Å²) in [4.78, 5) is 4.06. The number of ether oxygens (including phenoxy) is 1. The van der Waals surface area contributed by atoms with Crippen LogP contribution in [0.5, 0.6) is 5.75 Å². The standard InChI is InChI=1S/C13H18N4O3S/c1-8(2)20-12-6-5-11(7-9(12)3)21(18,19)17-13-14-10(4)15-16-13/h5-8H,1-4H3,(H2,14,15,16,17). The number of sulfonamides is 1. The highest BCUT2D eigenvalue weighted by molar-refractivity contribution is 7.92. The van der Waals surface area contributed by atoms with Gasteiger partial charge in [0.15, 0.2) is 0 Å². The Labute approximate surface area is 123 Å². The highest BCUT2D eigenvalue weighted by Gasteiger charge is 2.18. The van der Waals surface area contributed by atoms with Gasteiger partial charge in [-0.3, -0.25) is 5.10 Å². The number of H-pyrrole nitrogens is 1. The number of anilines is 1. The van der Waals surface area contributed by atoms with E-state index in [-0.39, 0.29) is 16.9 Å². The second kappa shape index (κ2) is 5.72. The van der Waals surface area contributed by atoms with Gasteiger partial charge in [0, 0.05) is 0 Å². The average molecular weight is 310 g/mol. The Bertz CT molecular complexity index is 738. The van der Waals surface area contributed by atoms with Crippen molar-refractivity contribution in [1.29, 1.82) is 0 Å². The Morgan fingerprint density at radius 1 is 1.29 bits per heavy atom. The van der Waals surface area contributed by atoms with Gasteiger partial charge < -0.3 is 4.74 Å². The third-order valence-corrected chi connectivity index (χ3v) is 3.97. The zero-order valence-corrected chi connectivity index (χ0v) is 13.2. The third kappa shape index (κ3) is 3.72. The quantitative estimate of drug-likeness (QED) is 0.880. The van der Waals surface area contributed by atoms with E-state index in [1.807, 2.05) is 13.8 Å². The number of aryl methyl sites for hydroxylation is 2. The van der Waals surface area contributed by atoms with E-state index in [2.05, 4.69) is 19.9 Å². The molecule has 0 bridgehead atoms. The Morgan fingerprint density at radius 3 is 2.52 bits per heavy atom. The normalized spacial score (nSPS) is 11.7. The minimum Gasteiger partial charge on any atom is -0.491 e. The Hall–Kier alpha value is -2.09. The molecule has 0 aliphatic carbocycles. The maximum Gasteiger partial charge on any atom is 0.264 e. The molecular weight excluding hydrogens is 292 g/mol. The summed E-state index contributed by atoms with van der Waals surface area (Å²) in [5.41, 5.74) is 0.748. The van der Waals surface area contributed by atoms with Crippen molar-refractivity contribution in [3.05, 3.63) is 29.6 Å². The van der Waals surface area contributed by atoms with Crippen LogP contribution in [0.15, 0.2) is 23.1 Å². The van der Waals surface area contributed by atoms with Gasteiger partial charge in [0.1, 0.15) is 11.6 Å². The molecule has 21 heavy (non-hydrogen) atoms. The summed E-state index contributed by atoms with van der Waals surface area (Å²) in [5.74, 6) is 1.22. The van der Waals surface area contributed by atoms with E-state index < -0.39 is 10.0 Å². The van der Waals surface area contributed by atoms with Crippen molar-refractivity contribution in [2.75, 3.05) is 4.72 Å². The maximum atomic E-state index is 12.3. The first kappa shape index (κ1) is 15.3. The third-order valence-electron chi connectivity index (χ3n) is 2.64. The van der Waals surface area contributed by atoms with E-state index >= 15 is 0 Å². The molecule has 2 N–H and O–H groups in total. The monoisotopic (exact) mass is 310 g/mol. The molecule has 0 saturated heterocycles. The van der Waals surface area contributed by atoms with Crippen molar-refractivity contribution in [3.63, 3.8) is 0 Å². The summed E-state index contributed by atoms with van der Waals surface area (Å²) in [6.07, 6.45) is 0.0283. The molecule has 114 valence electrons. The van der Waals surface area contributed by atoms with Crippen LogP contribution in [0, 0.1) is 13.8 Å². The molecule has 0 amide bonds. The van der Waals surface area contributed by atoms with Crippen LogP contribution >= 0.6 is 0 Å². The van der Waals surface area contributed by atoms with Crippen molar-refractivity contribution in [2.45, 2.75) is 38.7 Å². The lowest BCUT2D eigenvalue weighted by molar-refractivity contribution is 0.240. The average Bonchev–Trinajstić information content (AvgIpc) is 2.76. The molecule has 0 radical (unpaired) electrons. The lowest BCUT2D eigenvalue weighted by atomic mass is 10.2. The molecule has 1 aromatic heterocycles. The van der Waals surface area contributed by atoms with Crippen molar-refractivity contribution >= 4 is 16.0 Å². The van der Waals surface area contributed by atoms with Crippen molar-refractivity contribution in [2.24, 2.45) is 0 Å². The Balaban J connectivity index is 2.26. The van der Waals surface area contributed by atoms with E-state index in [9.17, 15) is 8.42 Å². The van der Waals surface area contributed by atoms with E-state index in [0.29, 0.717) is 11.6 Å². The van der Waals surface area contributed by atoms with Gasteiger partial charge in [-0.25, -0.2) is 13.1 Å². The predicted octanol–water partition coefficient (Wildman–Crippen LogP) is 2.01. The predicted molar refractivity (Wildman–Crippen MR) is 78.9 cm³/mol. The number of hydrogen-bond acceptors (Lipinski definition) is 5. The molecule has 0 saturated carbocycles. The van der Waals surface area contributed by atoms with Gasteiger partial charge in [0.25, 0.3) is 16.0 Å². The van der Waals surface area contributed by atoms with E-state index in [4.69, 9.17) is 4.74 Å². The number of aromatic amines is 1. The minimum atomic E-state index is -3.72. The number of hydrogen-bond donors (Lipinski definition) is 2. The van der Waals surface area contributed by atoms with Crippen LogP contribution in [0.2, 0.25) is 0 Å². The Kier molecular flexibility index (Phi) is 4.17. The zero-order valence-electron chi connectivity index (χ0n) is 12.3. The molecule has 0 unspecified atom stereocenters. The Morgan fingerprint density at radius 2 is 2.00 bits per heavy atom. The molecule has 0 fully saturated rings. The van der Waals surface area contributed by atoms with Gasteiger partial charge in [0.2, 0.25) is 0 Å². The number of aromatic nitrogens is 3. The maximum absolute atomic E-state index is 12.3. The van der Waals surface area contributed by atoms with E-state index in [0.717, 1.165) is 5.56 Å². The van der Waals surface area contributed by atoms with Crippen LogP contribution in [-0.4, -0.2) is 29.7 Å².